The molecule has 0 saturated heterocycles. The maximum atomic E-state index is 11.4. The Labute approximate surface area is 125 Å². The van der Waals surface area contributed by atoms with Gasteiger partial charge in [0.1, 0.15) is 6.33 Å². The molecule has 0 aliphatic carbocycles. The number of nitrogens with zero attached hydrogens (tertiary/aromatic N) is 4. The molecular formula is C13H15N5O2S. The van der Waals surface area contributed by atoms with Gasteiger partial charge in [-0.15, -0.1) is 11.3 Å². The van der Waals surface area contributed by atoms with E-state index in [1.165, 1.54) is 16.8 Å². The SMILES string of the molecule is CNc1ncnc(N2CCc3sccc3C2C)c1[N+](=O)[O-]. The number of nitrogens with one attached hydrogen (secondary N) is 1. The minimum atomic E-state index is -0.420. The quantitative estimate of drug-likeness (QED) is 0.693. The smallest absolute Gasteiger partial charge is 0.353 e. The molecule has 0 radical (unpaired) electrons. The summed E-state index contributed by atoms with van der Waals surface area (Å²) in [5.41, 5.74) is 1.16. The van der Waals surface area contributed by atoms with E-state index < -0.39 is 4.92 Å². The first-order chi connectivity index (χ1) is 10.1. The van der Waals surface area contributed by atoms with Gasteiger partial charge in [0, 0.05) is 18.5 Å². The standard InChI is InChI=1S/C13H15N5O2S/c1-8-9-4-6-21-10(9)3-5-17(8)13-11(18(19)20)12(14-2)15-7-16-13/h4,6-8H,3,5H2,1-2H3,(H,14,15,16). The van der Waals surface area contributed by atoms with Crippen LogP contribution in [0.5, 0.6) is 0 Å². The number of rotatable bonds is 3. The average Bonchev–Trinajstić information content (AvgIpc) is 2.96. The van der Waals surface area contributed by atoms with Gasteiger partial charge in [0.2, 0.25) is 11.6 Å². The molecule has 1 unspecified atom stereocenters. The molecule has 0 fully saturated rings. The fourth-order valence-electron chi connectivity index (χ4n) is 2.73. The molecule has 1 aliphatic heterocycles. The highest BCUT2D eigenvalue weighted by atomic mass is 32.1. The lowest BCUT2D eigenvalue weighted by Gasteiger charge is -2.34. The van der Waals surface area contributed by atoms with E-state index in [9.17, 15) is 10.1 Å². The Kier molecular flexibility index (Phi) is 3.46. The average molecular weight is 305 g/mol. The highest BCUT2D eigenvalue weighted by Gasteiger charge is 2.32. The lowest BCUT2D eigenvalue weighted by Crippen LogP contribution is -2.34. The maximum absolute atomic E-state index is 11.4. The van der Waals surface area contributed by atoms with Crippen LogP contribution < -0.4 is 10.2 Å². The van der Waals surface area contributed by atoms with Crippen LogP contribution in [-0.2, 0) is 6.42 Å². The zero-order chi connectivity index (χ0) is 15.0. The fraction of sp³-hybridized carbons (Fsp3) is 0.385. The lowest BCUT2D eigenvalue weighted by molar-refractivity contribution is -0.383. The monoisotopic (exact) mass is 305 g/mol. The number of nitro groups is 1. The van der Waals surface area contributed by atoms with Gasteiger partial charge in [-0.3, -0.25) is 10.1 Å². The zero-order valence-corrected chi connectivity index (χ0v) is 12.6. The summed E-state index contributed by atoms with van der Waals surface area (Å²) in [6.07, 6.45) is 2.25. The van der Waals surface area contributed by atoms with Gasteiger partial charge >= 0.3 is 5.69 Å². The van der Waals surface area contributed by atoms with Gasteiger partial charge in [-0.05, 0) is 30.4 Å². The predicted molar refractivity (Wildman–Crippen MR) is 82.0 cm³/mol. The van der Waals surface area contributed by atoms with E-state index >= 15 is 0 Å². The van der Waals surface area contributed by atoms with E-state index in [0.717, 1.165) is 13.0 Å². The van der Waals surface area contributed by atoms with Crippen molar-refractivity contribution in [3.8, 4) is 0 Å². The third-order valence-electron chi connectivity index (χ3n) is 3.77. The number of hydrogen-bond donors (Lipinski definition) is 1. The van der Waals surface area contributed by atoms with Crippen molar-refractivity contribution in [3.63, 3.8) is 0 Å². The minimum absolute atomic E-state index is 0.0643. The predicted octanol–water partition coefficient (Wildman–Crippen LogP) is 2.61. The zero-order valence-electron chi connectivity index (χ0n) is 11.7. The van der Waals surface area contributed by atoms with E-state index in [-0.39, 0.29) is 17.5 Å². The van der Waals surface area contributed by atoms with Gasteiger partial charge in [-0.25, -0.2) is 9.97 Å². The van der Waals surface area contributed by atoms with Crippen LogP contribution in [0, 0.1) is 10.1 Å². The summed E-state index contributed by atoms with van der Waals surface area (Å²) >= 11 is 1.74. The topological polar surface area (TPSA) is 84.2 Å². The van der Waals surface area contributed by atoms with Gasteiger partial charge in [0.15, 0.2) is 0 Å². The van der Waals surface area contributed by atoms with Crippen LogP contribution in [0.4, 0.5) is 17.3 Å². The van der Waals surface area contributed by atoms with Crippen molar-refractivity contribution < 1.29 is 4.92 Å². The largest absolute Gasteiger partial charge is 0.367 e. The summed E-state index contributed by atoms with van der Waals surface area (Å²) in [7, 11) is 1.62. The molecule has 0 aromatic carbocycles. The van der Waals surface area contributed by atoms with Crippen molar-refractivity contribution >= 4 is 28.7 Å². The maximum Gasteiger partial charge on any atom is 0.353 e. The molecule has 2 aromatic heterocycles. The molecule has 0 spiro atoms. The number of fused-ring (bicyclic) bond motifs is 1. The highest BCUT2D eigenvalue weighted by molar-refractivity contribution is 7.10. The van der Waals surface area contributed by atoms with E-state index in [1.54, 1.807) is 18.4 Å². The van der Waals surface area contributed by atoms with Crippen molar-refractivity contribution in [1.29, 1.82) is 0 Å². The first-order valence-corrected chi connectivity index (χ1v) is 7.51. The van der Waals surface area contributed by atoms with Crippen LogP contribution in [0.2, 0.25) is 0 Å². The van der Waals surface area contributed by atoms with E-state index in [2.05, 4.69) is 33.7 Å². The first-order valence-electron chi connectivity index (χ1n) is 6.63. The van der Waals surface area contributed by atoms with Crippen molar-refractivity contribution in [1.82, 2.24) is 9.97 Å². The van der Waals surface area contributed by atoms with Crippen molar-refractivity contribution in [2.45, 2.75) is 19.4 Å². The van der Waals surface area contributed by atoms with Crippen LogP contribution in [0.1, 0.15) is 23.4 Å². The molecule has 1 aliphatic rings. The Morgan fingerprint density at radius 2 is 2.33 bits per heavy atom. The van der Waals surface area contributed by atoms with Gasteiger partial charge in [-0.1, -0.05) is 0 Å². The first kappa shape index (κ1) is 13.7. The summed E-state index contributed by atoms with van der Waals surface area (Å²) < 4.78 is 0. The minimum Gasteiger partial charge on any atom is -0.367 e. The van der Waals surface area contributed by atoms with Gasteiger partial charge in [0.25, 0.3) is 0 Å². The Bertz CT molecular complexity index is 687. The summed E-state index contributed by atoms with van der Waals surface area (Å²) in [6, 6.07) is 2.15. The molecule has 3 rings (SSSR count). The van der Waals surface area contributed by atoms with Crippen molar-refractivity contribution in [2.75, 3.05) is 23.8 Å². The Hall–Kier alpha value is -2.22. The van der Waals surface area contributed by atoms with E-state index in [4.69, 9.17) is 0 Å². The molecule has 3 heterocycles. The molecule has 8 heteroatoms. The van der Waals surface area contributed by atoms with Crippen LogP contribution in [-0.4, -0.2) is 28.5 Å². The second kappa shape index (κ2) is 5.28. The van der Waals surface area contributed by atoms with Crippen molar-refractivity contribution in [2.24, 2.45) is 0 Å². The third-order valence-corrected chi connectivity index (χ3v) is 4.77. The molecule has 7 nitrogen and oxygen atoms in total. The molecule has 21 heavy (non-hydrogen) atoms. The van der Waals surface area contributed by atoms with Gasteiger partial charge in [-0.2, -0.15) is 0 Å². The Balaban J connectivity index is 2.08. The fourth-order valence-corrected chi connectivity index (χ4v) is 3.69. The van der Waals surface area contributed by atoms with Gasteiger partial charge in [0.05, 0.1) is 11.0 Å². The molecule has 0 amide bonds. The third kappa shape index (κ3) is 2.21. The lowest BCUT2D eigenvalue weighted by atomic mass is 10.0. The van der Waals surface area contributed by atoms with Gasteiger partial charge < -0.3 is 10.2 Å². The molecule has 1 N–H and O–H groups in total. The molecule has 2 aromatic rings. The van der Waals surface area contributed by atoms with Crippen LogP contribution >= 0.6 is 11.3 Å². The highest BCUT2D eigenvalue weighted by Crippen LogP contribution is 2.40. The summed E-state index contributed by atoms with van der Waals surface area (Å²) in [5.74, 6) is 0.622. The molecular weight excluding hydrogens is 290 g/mol. The molecule has 1 atom stereocenters. The summed E-state index contributed by atoms with van der Waals surface area (Å²) in [5, 5.41) is 16.2. The number of thiophene rings is 1. The van der Waals surface area contributed by atoms with E-state index in [0.29, 0.717) is 5.82 Å². The normalized spacial score (nSPS) is 17.4. The summed E-state index contributed by atoms with van der Waals surface area (Å²) in [4.78, 5) is 22.4. The molecule has 0 saturated carbocycles. The Morgan fingerprint density at radius 1 is 1.52 bits per heavy atom. The van der Waals surface area contributed by atoms with Crippen molar-refractivity contribution in [3.05, 3.63) is 38.3 Å². The van der Waals surface area contributed by atoms with Crippen LogP contribution in [0.15, 0.2) is 17.8 Å². The second-order valence-electron chi connectivity index (χ2n) is 4.82. The summed E-state index contributed by atoms with van der Waals surface area (Å²) in [6.45, 7) is 2.77. The molecule has 110 valence electrons. The Morgan fingerprint density at radius 3 is 3.05 bits per heavy atom. The van der Waals surface area contributed by atoms with Crippen LogP contribution in [0.3, 0.4) is 0 Å². The van der Waals surface area contributed by atoms with Crippen LogP contribution in [0.25, 0.3) is 0 Å². The molecule has 0 bridgehead atoms. The second-order valence-corrected chi connectivity index (χ2v) is 5.82. The number of hydrogen-bond acceptors (Lipinski definition) is 7. The number of anilines is 2. The number of aromatic nitrogens is 2. The van der Waals surface area contributed by atoms with E-state index in [1.807, 2.05) is 4.90 Å².